The summed E-state index contributed by atoms with van der Waals surface area (Å²) in [5, 5.41) is 10.9. The van der Waals surface area contributed by atoms with Gasteiger partial charge in [-0.15, -0.1) is 0 Å². The second-order valence-electron chi connectivity index (χ2n) is 5.59. The SMILES string of the molecule is CC(C)(C)OO.O=C(OCc1ccccc1)C1CCN1. The molecule has 0 aromatic heterocycles. The molecule has 1 aliphatic rings. The summed E-state index contributed by atoms with van der Waals surface area (Å²) in [4.78, 5) is 15.3. The maximum Gasteiger partial charge on any atom is 0.323 e. The van der Waals surface area contributed by atoms with Crippen LogP contribution in [0.2, 0.25) is 0 Å². The Hall–Kier alpha value is -1.43. The minimum atomic E-state index is -0.403. The van der Waals surface area contributed by atoms with Crippen molar-refractivity contribution in [1.29, 1.82) is 0 Å². The van der Waals surface area contributed by atoms with E-state index in [1.54, 1.807) is 20.8 Å². The van der Waals surface area contributed by atoms with Crippen molar-refractivity contribution in [1.82, 2.24) is 5.32 Å². The highest BCUT2D eigenvalue weighted by atomic mass is 17.1. The Morgan fingerprint density at radius 1 is 1.35 bits per heavy atom. The molecule has 0 bridgehead atoms. The first-order chi connectivity index (χ1) is 9.42. The largest absolute Gasteiger partial charge is 0.460 e. The van der Waals surface area contributed by atoms with E-state index in [2.05, 4.69) is 10.2 Å². The van der Waals surface area contributed by atoms with Crippen molar-refractivity contribution >= 4 is 5.97 Å². The molecule has 1 unspecified atom stereocenters. The van der Waals surface area contributed by atoms with E-state index >= 15 is 0 Å². The van der Waals surface area contributed by atoms with Gasteiger partial charge in [-0.25, -0.2) is 4.89 Å². The van der Waals surface area contributed by atoms with Crippen LogP contribution in [0.4, 0.5) is 0 Å². The quantitative estimate of drug-likeness (QED) is 0.506. The lowest BCUT2D eigenvalue weighted by Gasteiger charge is -2.25. The highest BCUT2D eigenvalue weighted by molar-refractivity contribution is 5.76. The Bertz CT molecular complexity index is 396. The van der Waals surface area contributed by atoms with Crippen molar-refractivity contribution in [2.75, 3.05) is 6.54 Å². The third kappa shape index (κ3) is 6.65. The van der Waals surface area contributed by atoms with Gasteiger partial charge in [-0.3, -0.25) is 10.1 Å². The van der Waals surface area contributed by atoms with Crippen LogP contribution in [0.3, 0.4) is 0 Å². The number of ether oxygens (including phenoxy) is 1. The van der Waals surface area contributed by atoms with E-state index < -0.39 is 5.60 Å². The zero-order chi connectivity index (χ0) is 15.0. The molecule has 1 aliphatic heterocycles. The van der Waals surface area contributed by atoms with E-state index in [9.17, 15) is 4.79 Å². The highest BCUT2D eigenvalue weighted by Gasteiger charge is 2.25. The predicted molar refractivity (Wildman–Crippen MR) is 76.1 cm³/mol. The fourth-order valence-electron chi connectivity index (χ4n) is 1.32. The van der Waals surface area contributed by atoms with Crippen LogP contribution in [0, 0.1) is 0 Å². The van der Waals surface area contributed by atoms with Gasteiger partial charge in [0.05, 0.1) is 5.60 Å². The summed E-state index contributed by atoms with van der Waals surface area (Å²) in [6, 6.07) is 9.64. The van der Waals surface area contributed by atoms with Crippen LogP contribution >= 0.6 is 0 Å². The molecule has 5 heteroatoms. The first kappa shape index (κ1) is 16.6. The van der Waals surface area contributed by atoms with Crippen LogP contribution in [0.25, 0.3) is 0 Å². The van der Waals surface area contributed by atoms with Crippen molar-refractivity contribution in [3.63, 3.8) is 0 Å². The van der Waals surface area contributed by atoms with Gasteiger partial charge < -0.3 is 10.1 Å². The normalized spacial score (nSPS) is 17.5. The molecule has 1 aromatic rings. The summed E-state index contributed by atoms with van der Waals surface area (Å²) in [5.74, 6) is -0.139. The number of carbonyl (C=O) groups is 1. The molecule has 0 radical (unpaired) electrons. The number of nitrogens with one attached hydrogen (secondary N) is 1. The van der Waals surface area contributed by atoms with Crippen LogP contribution in [-0.4, -0.2) is 29.4 Å². The van der Waals surface area contributed by atoms with Crippen molar-refractivity contribution in [3.05, 3.63) is 35.9 Å². The summed E-state index contributed by atoms with van der Waals surface area (Å²) in [7, 11) is 0. The zero-order valence-corrected chi connectivity index (χ0v) is 12.3. The van der Waals surface area contributed by atoms with Crippen molar-refractivity contribution in [3.8, 4) is 0 Å². The van der Waals surface area contributed by atoms with Crippen LogP contribution in [-0.2, 0) is 21.0 Å². The van der Waals surface area contributed by atoms with Crippen molar-refractivity contribution in [2.24, 2.45) is 0 Å². The first-order valence-electron chi connectivity index (χ1n) is 6.69. The molecule has 0 amide bonds. The monoisotopic (exact) mass is 281 g/mol. The van der Waals surface area contributed by atoms with Gasteiger partial charge in [0.1, 0.15) is 12.6 Å². The smallest absolute Gasteiger partial charge is 0.323 e. The molecule has 2 N–H and O–H groups in total. The standard InChI is InChI=1S/C11H13NO2.C4H10O2/c13-11(10-6-7-12-10)14-8-9-4-2-1-3-5-9;1-4(2,3)6-5/h1-5,10,12H,6-8H2;5H,1-3H3. The lowest BCUT2D eigenvalue weighted by molar-refractivity contribution is -0.306. The average molecular weight is 281 g/mol. The average Bonchev–Trinajstić information content (AvgIpc) is 2.35. The molecule has 1 aromatic carbocycles. The van der Waals surface area contributed by atoms with E-state index in [1.165, 1.54) is 0 Å². The molecular formula is C15H23NO4. The lowest BCUT2D eigenvalue weighted by Crippen LogP contribution is -2.49. The van der Waals surface area contributed by atoms with Gasteiger partial charge in [0.25, 0.3) is 0 Å². The van der Waals surface area contributed by atoms with Gasteiger partial charge in [0.15, 0.2) is 0 Å². The topological polar surface area (TPSA) is 67.8 Å². The number of hydrogen-bond donors (Lipinski definition) is 2. The number of hydrogen-bond acceptors (Lipinski definition) is 5. The van der Waals surface area contributed by atoms with Gasteiger partial charge in [-0.1, -0.05) is 30.3 Å². The first-order valence-corrected chi connectivity index (χ1v) is 6.69. The molecule has 20 heavy (non-hydrogen) atoms. The van der Waals surface area contributed by atoms with Crippen molar-refractivity contribution < 1.29 is 19.7 Å². The molecule has 2 rings (SSSR count). The zero-order valence-electron chi connectivity index (χ0n) is 12.3. The second kappa shape index (κ2) is 7.99. The number of rotatable bonds is 3. The molecule has 0 saturated carbocycles. The van der Waals surface area contributed by atoms with E-state index in [0.29, 0.717) is 6.61 Å². The lowest BCUT2D eigenvalue weighted by atomic mass is 10.1. The van der Waals surface area contributed by atoms with Gasteiger partial charge in [0, 0.05) is 0 Å². The van der Waals surface area contributed by atoms with Gasteiger partial charge in [-0.05, 0) is 39.3 Å². The summed E-state index contributed by atoms with van der Waals surface area (Å²) >= 11 is 0. The van der Waals surface area contributed by atoms with E-state index in [4.69, 9.17) is 9.99 Å². The summed E-state index contributed by atoms with van der Waals surface area (Å²) in [6.07, 6.45) is 0.896. The third-order valence-electron chi connectivity index (χ3n) is 2.61. The summed E-state index contributed by atoms with van der Waals surface area (Å²) in [6.45, 7) is 6.61. The van der Waals surface area contributed by atoms with Crippen LogP contribution in [0.5, 0.6) is 0 Å². The van der Waals surface area contributed by atoms with E-state index in [-0.39, 0.29) is 12.0 Å². The predicted octanol–water partition coefficient (Wildman–Crippen LogP) is 2.37. The van der Waals surface area contributed by atoms with Crippen LogP contribution in [0.15, 0.2) is 30.3 Å². The molecule has 1 heterocycles. The summed E-state index contributed by atoms with van der Waals surface area (Å²) in [5.41, 5.74) is 0.625. The molecular weight excluding hydrogens is 258 g/mol. The van der Waals surface area contributed by atoms with Crippen molar-refractivity contribution in [2.45, 2.75) is 45.4 Å². The Balaban J connectivity index is 0.000000286. The Kier molecular flexibility index (Phi) is 6.64. The molecule has 0 spiro atoms. The molecule has 5 nitrogen and oxygen atoms in total. The van der Waals surface area contributed by atoms with E-state index in [0.717, 1.165) is 18.5 Å². The van der Waals surface area contributed by atoms with Crippen LogP contribution < -0.4 is 5.32 Å². The Morgan fingerprint density at radius 3 is 2.30 bits per heavy atom. The second-order valence-corrected chi connectivity index (χ2v) is 5.59. The molecule has 1 fully saturated rings. The number of carbonyl (C=O) groups excluding carboxylic acids is 1. The number of benzene rings is 1. The minimum Gasteiger partial charge on any atom is -0.460 e. The van der Waals surface area contributed by atoms with Gasteiger partial charge >= 0.3 is 5.97 Å². The molecule has 0 aliphatic carbocycles. The maximum absolute atomic E-state index is 11.3. The van der Waals surface area contributed by atoms with Crippen LogP contribution in [0.1, 0.15) is 32.8 Å². The molecule has 1 atom stereocenters. The Labute approximate surface area is 119 Å². The molecule has 1 saturated heterocycles. The summed E-state index contributed by atoms with van der Waals surface area (Å²) < 4.78 is 5.13. The third-order valence-corrected chi connectivity index (χ3v) is 2.61. The minimum absolute atomic E-state index is 0.0706. The fraction of sp³-hybridized carbons (Fsp3) is 0.533. The van der Waals surface area contributed by atoms with E-state index in [1.807, 2.05) is 30.3 Å². The Morgan fingerprint density at radius 2 is 1.90 bits per heavy atom. The highest BCUT2D eigenvalue weighted by Crippen LogP contribution is 2.07. The van der Waals surface area contributed by atoms with Gasteiger partial charge in [-0.2, -0.15) is 0 Å². The fourth-order valence-corrected chi connectivity index (χ4v) is 1.32. The molecule has 112 valence electrons. The van der Waals surface area contributed by atoms with Gasteiger partial charge in [0.2, 0.25) is 0 Å². The number of esters is 1. The maximum atomic E-state index is 11.3.